The van der Waals surface area contributed by atoms with Crippen LogP contribution in [0.15, 0.2) is 24.5 Å². The maximum Gasteiger partial charge on any atom is 0.475 e. The van der Waals surface area contributed by atoms with Crippen LogP contribution in [0.2, 0.25) is 0 Å². The van der Waals surface area contributed by atoms with E-state index in [9.17, 15) is 14.2 Å². The van der Waals surface area contributed by atoms with E-state index in [0.29, 0.717) is 5.56 Å². The highest BCUT2D eigenvalue weighted by molar-refractivity contribution is 7.48. The number of carbonyl (C=O) groups excluding carboxylic acids is 2. The first kappa shape index (κ1) is 20.5. The molecule has 0 radical (unpaired) electrons. The third-order valence-corrected chi connectivity index (χ3v) is 5.10. The standard InChI is InChI=1S/C16H23N2O7P/c1-16(2)11-24-26(21,23-10-12-5-4-7-17-9-12)25-14(16)15(20)18-8-6-13(19)22-3/h4-5,7,9,14H,6,8,10-11H2,1-3H3,(H,18,20)/t14-,26?/m0/s1. The number of phosphoric acid groups is 1. The molecule has 1 N–H and O–H groups in total. The van der Waals surface area contributed by atoms with Gasteiger partial charge in [-0.05, 0) is 11.6 Å². The van der Waals surface area contributed by atoms with Gasteiger partial charge in [0.1, 0.15) is 0 Å². The van der Waals surface area contributed by atoms with Crippen LogP contribution in [0, 0.1) is 5.41 Å². The molecule has 1 aliphatic rings. The molecule has 1 aromatic rings. The van der Waals surface area contributed by atoms with Crippen molar-refractivity contribution in [2.75, 3.05) is 20.3 Å². The number of hydrogen-bond acceptors (Lipinski definition) is 8. The van der Waals surface area contributed by atoms with E-state index in [4.69, 9.17) is 13.6 Å². The number of phosphoric ester groups is 1. The number of aromatic nitrogens is 1. The van der Waals surface area contributed by atoms with Gasteiger partial charge in [0.15, 0.2) is 6.10 Å². The highest BCUT2D eigenvalue weighted by Gasteiger charge is 2.49. The van der Waals surface area contributed by atoms with Crippen LogP contribution in [0.1, 0.15) is 25.8 Å². The summed E-state index contributed by atoms with van der Waals surface area (Å²) in [6.45, 7) is 3.59. The van der Waals surface area contributed by atoms with Gasteiger partial charge in [-0.1, -0.05) is 19.9 Å². The molecule has 1 saturated heterocycles. The van der Waals surface area contributed by atoms with Gasteiger partial charge in [0.05, 0.1) is 26.7 Å². The Hall–Kier alpha value is -1.80. The summed E-state index contributed by atoms with van der Waals surface area (Å²) in [4.78, 5) is 27.5. The Labute approximate surface area is 152 Å². The number of esters is 1. The molecule has 10 heteroatoms. The van der Waals surface area contributed by atoms with Gasteiger partial charge in [-0.2, -0.15) is 0 Å². The number of hydrogen-bond donors (Lipinski definition) is 1. The van der Waals surface area contributed by atoms with E-state index in [1.165, 1.54) is 7.11 Å². The van der Waals surface area contributed by atoms with Crippen LogP contribution in [0.4, 0.5) is 0 Å². The molecule has 1 amide bonds. The van der Waals surface area contributed by atoms with Crippen LogP contribution in [0.3, 0.4) is 0 Å². The molecule has 2 heterocycles. The Morgan fingerprint density at radius 3 is 2.88 bits per heavy atom. The summed E-state index contributed by atoms with van der Waals surface area (Å²) in [6.07, 6.45) is 2.16. The molecule has 2 rings (SSSR count). The number of pyridine rings is 1. The summed E-state index contributed by atoms with van der Waals surface area (Å²) in [5.41, 5.74) is -0.0279. The Morgan fingerprint density at radius 1 is 1.46 bits per heavy atom. The van der Waals surface area contributed by atoms with Gasteiger partial charge in [0.25, 0.3) is 0 Å². The molecule has 1 aliphatic heterocycles. The first-order valence-corrected chi connectivity index (χ1v) is 9.53. The van der Waals surface area contributed by atoms with Crippen LogP contribution in [0.25, 0.3) is 0 Å². The van der Waals surface area contributed by atoms with Gasteiger partial charge in [0.2, 0.25) is 5.91 Å². The number of amides is 1. The first-order valence-electron chi connectivity index (χ1n) is 8.07. The molecule has 144 valence electrons. The summed E-state index contributed by atoms with van der Waals surface area (Å²) in [5, 5.41) is 2.58. The minimum Gasteiger partial charge on any atom is -0.469 e. The Morgan fingerprint density at radius 2 is 2.23 bits per heavy atom. The minimum absolute atomic E-state index is 0.0202. The molecule has 0 aliphatic carbocycles. The third kappa shape index (κ3) is 5.60. The lowest BCUT2D eigenvalue weighted by Gasteiger charge is -2.39. The van der Waals surface area contributed by atoms with Crippen molar-refractivity contribution >= 4 is 19.7 Å². The largest absolute Gasteiger partial charge is 0.475 e. The topological polar surface area (TPSA) is 113 Å². The van der Waals surface area contributed by atoms with E-state index < -0.39 is 31.2 Å². The molecular weight excluding hydrogens is 363 g/mol. The van der Waals surface area contributed by atoms with Crippen LogP contribution in [-0.2, 0) is 39.1 Å². The lowest BCUT2D eigenvalue weighted by molar-refractivity contribution is -0.143. The number of carbonyl (C=O) groups is 2. The van der Waals surface area contributed by atoms with Crippen LogP contribution in [-0.4, -0.2) is 43.2 Å². The zero-order valence-electron chi connectivity index (χ0n) is 15.0. The van der Waals surface area contributed by atoms with Crippen molar-refractivity contribution < 1.29 is 32.5 Å². The van der Waals surface area contributed by atoms with Crippen molar-refractivity contribution in [2.45, 2.75) is 33.0 Å². The Kier molecular flexibility index (Phi) is 6.88. The van der Waals surface area contributed by atoms with Crippen molar-refractivity contribution in [1.82, 2.24) is 10.3 Å². The van der Waals surface area contributed by atoms with Gasteiger partial charge in [-0.15, -0.1) is 0 Å². The van der Waals surface area contributed by atoms with Crippen LogP contribution >= 0.6 is 7.82 Å². The second-order valence-corrected chi connectivity index (χ2v) is 8.07. The number of rotatable bonds is 7. The molecule has 2 atom stereocenters. The number of methoxy groups -OCH3 is 1. The maximum absolute atomic E-state index is 12.7. The van der Waals surface area contributed by atoms with Gasteiger partial charge < -0.3 is 10.1 Å². The van der Waals surface area contributed by atoms with Gasteiger partial charge in [-0.25, -0.2) is 4.57 Å². The predicted molar refractivity (Wildman–Crippen MR) is 90.9 cm³/mol. The van der Waals surface area contributed by atoms with E-state index in [-0.39, 0.29) is 26.2 Å². The van der Waals surface area contributed by atoms with E-state index in [1.54, 1.807) is 38.4 Å². The molecular formula is C16H23N2O7P. The second kappa shape index (κ2) is 8.73. The molecule has 1 aromatic heterocycles. The van der Waals surface area contributed by atoms with Crippen LogP contribution in [0.5, 0.6) is 0 Å². The summed E-state index contributed by atoms with van der Waals surface area (Å²) in [7, 11) is -2.64. The summed E-state index contributed by atoms with van der Waals surface area (Å²) in [6, 6.07) is 3.47. The Bertz CT molecular complexity index is 680. The fourth-order valence-corrected chi connectivity index (χ4v) is 3.85. The highest BCUT2D eigenvalue weighted by atomic mass is 31.2. The Balaban J connectivity index is 1.97. The van der Waals surface area contributed by atoms with Crippen LogP contribution < -0.4 is 5.32 Å². The van der Waals surface area contributed by atoms with Crippen molar-refractivity contribution in [3.05, 3.63) is 30.1 Å². The SMILES string of the molecule is COC(=O)CCNC(=O)[C@@H]1OP(=O)(OCc2cccnc2)OCC1(C)C. The number of nitrogens with one attached hydrogen (secondary N) is 1. The van der Waals surface area contributed by atoms with Gasteiger partial charge in [0, 0.05) is 24.4 Å². The van der Waals surface area contributed by atoms with Crippen molar-refractivity contribution in [3.63, 3.8) is 0 Å². The maximum atomic E-state index is 12.7. The minimum atomic E-state index is -3.91. The van der Waals surface area contributed by atoms with Gasteiger partial charge >= 0.3 is 13.8 Å². The van der Waals surface area contributed by atoms with Gasteiger partial charge in [-0.3, -0.25) is 28.1 Å². The normalized spacial score (nSPS) is 24.7. The molecule has 0 spiro atoms. The average molecular weight is 386 g/mol. The van der Waals surface area contributed by atoms with E-state index >= 15 is 0 Å². The third-order valence-electron chi connectivity index (χ3n) is 3.75. The summed E-state index contributed by atoms with van der Waals surface area (Å²) in [5.74, 6) is -0.935. The first-order chi connectivity index (χ1) is 12.3. The van der Waals surface area contributed by atoms with Crippen molar-refractivity contribution in [1.29, 1.82) is 0 Å². The average Bonchev–Trinajstić information content (AvgIpc) is 2.63. The molecule has 9 nitrogen and oxygen atoms in total. The zero-order valence-corrected chi connectivity index (χ0v) is 15.9. The monoisotopic (exact) mass is 386 g/mol. The molecule has 0 saturated carbocycles. The molecule has 26 heavy (non-hydrogen) atoms. The van der Waals surface area contributed by atoms with Crippen molar-refractivity contribution in [3.8, 4) is 0 Å². The molecule has 1 fully saturated rings. The fraction of sp³-hybridized carbons (Fsp3) is 0.562. The predicted octanol–water partition coefficient (Wildman–Crippen LogP) is 1.83. The molecule has 1 unspecified atom stereocenters. The summed E-state index contributed by atoms with van der Waals surface area (Å²) >= 11 is 0. The number of nitrogens with zero attached hydrogens (tertiary/aromatic N) is 1. The zero-order chi connectivity index (χ0) is 19.2. The molecule has 0 aromatic carbocycles. The van der Waals surface area contributed by atoms with Crippen molar-refractivity contribution in [2.24, 2.45) is 5.41 Å². The molecule has 0 bridgehead atoms. The number of ether oxygens (including phenoxy) is 1. The van der Waals surface area contributed by atoms with E-state index in [2.05, 4.69) is 15.0 Å². The quantitative estimate of drug-likeness (QED) is 0.558. The van der Waals surface area contributed by atoms with E-state index in [1.807, 2.05) is 0 Å². The lowest BCUT2D eigenvalue weighted by Crippen LogP contribution is -2.49. The smallest absolute Gasteiger partial charge is 0.469 e. The lowest BCUT2D eigenvalue weighted by atomic mass is 9.87. The fourth-order valence-electron chi connectivity index (χ4n) is 2.21. The highest BCUT2D eigenvalue weighted by Crippen LogP contribution is 2.57. The van der Waals surface area contributed by atoms with E-state index in [0.717, 1.165) is 0 Å². The summed E-state index contributed by atoms with van der Waals surface area (Å²) < 4.78 is 33.2. The second-order valence-electron chi connectivity index (χ2n) is 6.45.